The third-order valence-corrected chi connectivity index (χ3v) is 5.09. The molecule has 4 nitrogen and oxygen atoms in total. The highest BCUT2D eigenvalue weighted by molar-refractivity contribution is 7.93. The molecular formula is C10H9ClN2O2S2. The molecule has 7 heteroatoms. The maximum Gasteiger partial charge on any atom is 0.265 e. The van der Waals surface area contributed by atoms with Crippen molar-refractivity contribution in [1.82, 2.24) is 4.98 Å². The average Bonchev–Trinajstić information content (AvgIpc) is 2.81. The van der Waals surface area contributed by atoms with Crippen molar-refractivity contribution in [2.75, 3.05) is 11.4 Å². The third kappa shape index (κ3) is 2.43. The first-order valence-electron chi connectivity index (χ1n) is 4.66. The number of benzene rings is 1. The summed E-state index contributed by atoms with van der Waals surface area (Å²) in [5, 5.41) is 2.53. The molecule has 0 N–H and O–H groups in total. The number of nitrogens with zero attached hydrogens (tertiary/aromatic N) is 2. The van der Waals surface area contributed by atoms with E-state index < -0.39 is 10.0 Å². The molecule has 90 valence electrons. The standard InChI is InChI=1S/C10H9ClN2O2S2/c1-13(10-12-5-6-16-10)17(14,15)9-4-2-3-8(11)7-9/h2-7H,1H3. The van der Waals surface area contributed by atoms with Gasteiger partial charge in [0.15, 0.2) is 5.13 Å². The number of aromatic nitrogens is 1. The third-order valence-electron chi connectivity index (χ3n) is 2.14. The van der Waals surface area contributed by atoms with Crippen molar-refractivity contribution in [2.45, 2.75) is 4.90 Å². The summed E-state index contributed by atoms with van der Waals surface area (Å²) in [5.74, 6) is 0. The summed E-state index contributed by atoms with van der Waals surface area (Å²) in [6.07, 6.45) is 1.56. The highest BCUT2D eigenvalue weighted by Gasteiger charge is 2.22. The average molecular weight is 289 g/mol. The number of sulfonamides is 1. The topological polar surface area (TPSA) is 50.3 Å². The summed E-state index contributed by atoms with van der Waals surface area (Å²) >= 11 is 7.04. The van der Waals surface area contributed by atoms with E-state index in [9.17, 15) is 8.42 Å². The van der Waals surface area contributed by atoms with Crippen LogP contribution in [0.25, 0.3) is 0 Å². The van der Waals surface area contributed by atoms with Gasteiger partial charge >= 0.3 is 0 Å². The van der Waals surface area contributed by atoms with Crippen molar-refractivity contribution in [3.8, 4) is 0 Å². The van der Waals surface area contributed by atoms with Crippen molar-refractivity contribution < 1.29 is 8.42 Å². The zero-order valence-electron chi connectivity index (χ0n) is 8.87. The summed E-state index contributed by atoms with van der Waals surface area (Å²) in [4.78, 5) is 4.12. The number of rotatable bonds is 3. The van der Waals surface area contributed by atoms with Crippen LogP contribution in [-0.4, -0.2) is 20.4 Å². The molecule has 0 atom stereocenters. The number of halogens is 1. The van der Waals surface area contributed by atoms with E-state index >= 15 is 0 Å². The van der Waals surface area contributed by atoms with Crippen LogP contribution in [0.15, 0.2) is 40.7 Å². The largest absolute Gasteiger partial charge is 0.265 e. The van der Waals surface area contributed by atoms with Crippen molar-refractivity contribution in [1.29, 1.82) is 0 Å². The summed E-state index contributed by atoms with van der Waals surface area (Å²) in [7, 11) is -2.12. The molecular weight excluding hydrogens is 280 g/mol. The van der Waals surface area contributed by atoms with E-state index in [0.29, 0.717) is 10.2 Å². The van der Waals surface area contributed by atoms with Gasteiger partial charge in [0.2, 0.25) is 0 Å². The fourth-order valence-corrected chi connectivity index (χ4v) is 3.55. The summed E-state index contributed by atoms with van der Waals surface area (Å²) in [5.41, 5.74) is 0. The van der Waals surface area contributed by atoms with E-state index in [1.807, 2.05) is 0 Å². The van der Waals surface area contributed by atoms with E-state index in [1.165, 1.54) is 30.5 Å². The van der Waals surface area contributed by atoms with Crippen LogP contribution in [0.4, 0.5) is 5.13 Å². The monoisotopic (exact) mass is 288 g/mol. The van der Waals surface area contributed by atoms with Crippen LogP contribution in [0.1, 0.15) is 0 Å². The first-order chi connectivity index (χ1) is 8.01. The Morgan fingerprint density at radius 2 is 2.18 bits per heavy atom. The zero-order valence-corrected chi connectivity index (χ0v) is 11.3. The number of anilines is 1. The molecule has 0 unspecified atom stereocenters. The minimum absolute atomic E-state index is 0.155. The first kappa shape index (κ1) is 12.3. The van der Waals surface area contributed by atoms with E-state index in [2.05, 4.69) is 4.98 Å². The Hall–Kier alpha value is -1.11. The second kappa shape index (κ2) is 4.64. The Morgan fingerprint density at radius 3 is 2.76 bits per heavy atom. The minimum Gasteiger partial charge on any atom is -0.244 e. The van der Waals surface area contributed by atoms with Crippen LogP contribution in [-0.2, 0) is 10.0 Å². The minimum atomic E-state index is -3.59. The molecule has 0 saturated heterocycles. The van der Waals surface area contributed by atoms with Gasteiger partial charge < -0.3 is 0 Å². The number of thiazole rings is 1. The molecule has 1 aromatic heterocycles. The molecule has 0 spiro atoms. The van der Waals surface area contributed by atoms with Gasteiger partial charge in [-0.05, 0) is 18.2 Å². The van der Waals surface area contributed by atoms with Gasteiger partial charge in [-0.3, -0.25) is 0 Å². The first-order valence-corrected chi connectivity index (χ1v) is 7.35. The molecule has 0 radical (unpaired) electrons. The quantitative estimate of drug-likeness (QED) is 0.872. The Bertz CT molecular complexity index is 611. The predicted molar refractivity (Wildman–Crippen MR) is 69.2 cm³/mol. The molecule has 0 aliphatic carbocycles. The van der Waals surface area contributed by atoms with E-state index in [0.717, 1.165) is 4.31 Å². The van der Waals surface area contributed by atoms with E-state index in [1.54, 1.807) is 23.7 Å². The molecule has 17 heavy (non-hydrogen) atoms. The molecule has 2 rings (SSSR count). The van der Waals surface area contributed by atoms with Crippen molar-refractivity contribution >= 4 is 38.1 Å². The lowest BCUT2D eigenvalue weighted by Crippen LogP contribution is -2.26. The predicted octanol–water partition coefficient (Wildman–Crippen LogP) is 2.62. The maximum atomic E-state index is 12.2. The Labute approximate surface area is 109 Å². The summed E-state index contributed by atoms with van der Waals surface area (Å²) in [6.45, 7) is 0. The molecule has 0 fully saturated rings. The van der Waals surface area contributed by atoms with Crippen LogP contribution >= 0.6 is 22.9 Å². The van der Waals surface area contributed by atoms with Gasteiger partial charge in [-0.1, -0.05) is 17.7 Å². The van der Waals surface area contributed by atoms with Crippen LogP contribution in [0, 0.1) is 0 Å². The van der Waals surface area contributed by atoms with Crippen LogP contribution in [0.2, 0.25) is 5.02 Å². The molecule has 2 aromatic rings. The number of hydrogen-bond donors (Lipinski definition) is 0. The summed E-state index contributed by atoms with van der Waals surface area (Å²) < 4.78 is 25.6. The van der Waals surface area contributed by atoms with Gasteiger partial charge in [-0.2, -0.15) is 0 Å². The fraction of sp³-hybridized carbons (Fsp3) is 0.100. The molecule has 0 saturated carbocycles. The van der Waals surface area contributed by atoms with Gasteiger partial charge in [0.25, 0.3) is 10.0 Å². The van der Waals surface area contributed by atoms with Crippen LogP contribution < -0.4 is 4.31 Å². The Kier molecular flexibility index (Phi) is 3.37. The lowest BCUT2D eigenvalue weighted by atomic mass is 10.4. The molecule has 0 amide bonds. The van der Waals surface area contributed by atoms with E-state index in [4.69, 9.17) is 11.6 Å². The Balaban J connectivity index is 2.44. The van der Waals surface area contributed by atoms with Gasteiger partial charge in [-0.25, -0.2) is 17.7 Å². The Morgan fingerprint density at radius 1 is 1.41 bits per heavy atom. The molecule has 0 aliphatic rings. The maximum absolute atomic E-state index is 12.2. The molecule has 0 bridgehead atoms. The molecule has 1 aromatic carbocycles. The van der Waals surface area contributed by atoms with Gasteiger partial charge in [0.1, 0.15) is 0 Å². The van der Waals surface area contributed by atoms with Crippen LogP contribution in [0.3, 0.4) is 0 Å². The number of hydrogen-bond acceptors (Lipinski definition) is 4. The van der Waals surface area contributed by atoms with Crippen LogP contribution in [0.5, 0.6) is 0 Å². The SMILES string of the molecule is CN(c1nccs1)S(=O)(=O)c1cccc(Cl)c1. The smallest absolute Gasteiger partial charge is 0.244 e. The molecule has 0 aliphatic heterocycles. The van der Waals surface area contributed by atoms with Crippen molar-refractivity contribution in [2.24, 2.45) is 0 Å². The lowest BCUT2D eigenvalue weighted by molar-refractivity contribution is 0.594. The second-order valence-corrected chi connectivity index (χ2v) is 6.52. The highest BCUT2D eigenvalue weighted by atomic mass is 35.5. The van der Waals surface area contributed by atoms with Gasteiger partial charge in [-0.15, -0.1) is 11.3 Å². The van der Waals surface area contributed by atoms with Gasteiger partial charge in [0.05, 0.1) is 4.90 Å². The lowest BCUT2D eigenvalue weighted by Gasteiger charge is -2.16. The fourth-order valence-electron chi connectivity index (χ4n) is 1.26. The highest BCUT2D eigenvalue weighted by Crippen LogP contribution is 2.24. The summed E-state index contributed by atoms with van der Waals surface area (Å²) in [6, 6.07) is 6.15. The van der Waals surface area contributed by atoms with Crippen molar-refractivity contribution in [3.05, 3.63) is 40.9 Å². The second-order valence-electron chi connectivity index (χ2n) is 3.24. The normalized spacial score (nSPS) is 11.4. The zero-order chi connectivity index (χ0) is 12.5. The van der Waals surface area contributed by atoms with Crippen molar-refractivity contribution in [3.63, 3.8) is 0 Å². The van der Waals surface area contributed by atoms with E-state index in [-0.39, 0.29) is 4.90 Å². The van der Waals surface area contributed by atoms with Gasteiger partial charge in [0, 0.05) is 23.6 Å². The molecule has 1 heterocycles.